The molecular weight excluding hydrogens is 541 g/mol. The van der Waals surface area contributed by atoms with Crippen LogP contribution in [0.3, 0.4) is 0 Å². The molecule has 1 aliphatic heterocycles. The third-order valence-corrected chi connectivity index (χ3v) is 6.43. The zero-order valence-electron chi connectivity index (χ0n) is 17.1. The standard InChI is InChI=1S/C22H18BrCl2NO5S/c1-3-30-21(28)12(2)26-20(27)18(32-22(26)29)10-14-8-16(24)19(17(25)9-14)31-11-13-4-6-15(23)7-5-13/h4-10,12H,3,11H2,1-2H3/b18-10+/t12-/m1/s1. The summed E-state index contributed by atoms with van der Waals surface area (Å²) >= 11 is 16.8. The van der Waals surface area contributed by atoms with Gasteiger partial charge in [0.05, 0.1) is 21.6 Å². The molecule has 0 bridgehead atoms. The highest BCUT2D eigenvalue weighted by molar-refractivity contribution is 9.10. The summed E-state index contributed by atoms with van der Waals surface area (Å²) in [6.45, 7) is 3.53. The van der Waals surface area contributed by atoms with E-state index in [1.807, 2.05) is 24.3 Å². The van der Waals surface area contributed by atoms with Gasteiger partial charge in [0.2, 0.25) is 0 Å². The molecule has 10 heteroatoms. The molecule has 0 unspecified atom stereocenters. The van der Waals surface area contributed by atoms with Gasteiger partial charge in [-0.2, -0.15) is 0 Å². The maximum Gasteiger partial charge on any atom is 0.329 e. The number of nitrogens with zero attached hydrogens (tertiary/aromatic N) is 1. The number of carbonyl (C=O) groups is 3. The van der Waals surface area contributed by atoms with Crippen molar-refractivity contribution < 1.29 is 23.9 Å². The first kappa shape index (κ1) is 24.6. The fourth-order valence-electron chi connectivity index (χ4n) is 2.87. The van der Waals surface area contributed by atoms with Gasteiger partial charge in [0, 0.05) is 4.47 Å². The normalized spacial score (nSPS) is 15.9. The summed E-state index contributed by atoms with van der Waals surface area (Å²) in [4.78, 5) is 38.0. The van der Waals surface area contributed by atoms with Gasteiger partial charge in [-0.3, -0.25) is 14.5 Å². The van der Waals surface area contributed by atoms with Gasteiger partial charge < -0.3 is 9.47 Å². The molecule has 2 aromatic carbocycles. The molecule has 3 rings (SSSR count). The summed E-state index contributed by atoms with van der Waals surface area (Å²) in [7, 11) is 0. The van der Waals surface area contributed by atoms with Gasteiger partial charge in [-0.15, -0.1) is 0 Å². The van der Waals surface area contributed by atoms with E-state index in [0.29, 0.717) is 11.3 Å². The smallest absolute Gasteiger partial charge is 0.329 e. The molecule has 1 atom stereocenters. The maximum absolute atomic E-state index is 12.7. The first-order valence-electron chi connectivity index (χ1n) is 9.51. The lowest BCUT2D eigenvalue weighted by Gasteiger charge is -2.19. The predicted octanol–water partition coefficient (Wildman–Crippen LogP) is 6.32. The molecule has 0 spiro atoms. The number of carbonyl (C=O) groups excluding carboxylic acids is 3. The van der Waals surface area contributed by atoms with Crippen molar-refractivity contribution in [2.24, 2.45) is 0 Å². The second-order valence-corrected chi connectivity index (χ2v) is 9.43. The minimum absolute atomic E-state index is 0.154. The number of hydrogen-bond donors (Lipinski definition) is 0. The Morgan fingerprint density at radius 3 is 2.41 bits per heavy atom. The van der Waals surface area contributed by atoms with Gasteiger partial charge in [0.15, 0.2) is 5.75 Å². The minimum atomic E-state index is -1.02. The Hall–Kier alpha value is -2.00. The second kappa shape index (κ2) is 10.7. The number of thioether (sulfide) groups is 1. The van der Waals surface area contributed by atoms with Crippen LogP contribution in [0.5, 0.6) is 5.75 Å². The van der Waals surface area contributed by atoms with Gasteiger partial charge >= 0.3 is 5.97 Å². The molecule has 6 nitrogen and oxygen atoms in total. The van der Waals surface area contributed by atoms with E-state index in [1.54, 1.807) is 19.1 Å². The number of imide groups is 1. The van der Waals surface area contributed by atoms with E-state index >= 15 is 0 Å². The molecule has 0 N–H and O–H groups in total. The molecule has 0 saturated carbocycles. The summed E-state index contributed by atoms with van der Waals surface area (Å²) in [6.07, 6.45) is 1.50. The molecule has 1 heterocycles. The highest BCUT2D eigenvalue weighted by atomic mass is 79.9. The SMILES string of the molecule is CCOC(=O)[C@@H](C)N1C(=O)S/C(=C/c2cc(Cl)c(OCc3ccc(Br)cc3)c(Cl)c2)C1=O. The zero-order valence-corrected chi connectivity index (χ0v) is 21.0. The van der Waals surface area contributed by atoms with Crippen molar-refractivity contribution in [2.75, 3.05) is 6.61 Å². The summed E-state index contributed by atoms with van der Waals surface area (Å²) < 4.78 is 11.6. The zero-order chi connectivity index (χ0) is 23.4. The molecule has 168 valence electrons. The molecule has 1 fully saturated rings. The van der Waals surface area contributed by atoms with E-state index in [1.165, 1.54) is 13.0 Å². The summed E-state index contributed by atoms with van der Waals surface area (Å²) in [5.74, 6) is -0.907. The lowest BCUT2D eigenvalue weighted by molar-refractivity contribution is -0.150. The van der Waals surface area contributed by atoms with Crippen LogP contribution in [0.1, 0.15) is 25.0 Å². The Labute approximate surface area is 208 Å². The molecule has 0 aromatic heterocycles. The quantitative estimate of drug-likeness (QED) is 0.292. The molecule has 0 aliphatic carbocycles. The number of halogens is 3. The van der Waals surface area contributed by atoms with Crippen molar-refractivity contribution in [3.8, 4) is 5.75 Å². The summed E-state index contributed by atoms with van der Waals surface area (Å²) in [5, 5.41) is -0.0200. The predicted molar refractivity (Wildman–Crippen MR) is 129 cm³/mol. The summed E-state index contributed by atoms with van der Waals surface area (Å²) in [6, 6.07) is 9.79. The fraction of sp³-hybridized carbons (Fsp3) is 0.227. The van der Waals surface area contributed by atoms with E-state index in [4.69, 9.17) is 32.7 Å². The average molecular weight is 559 g/mol. The average Bonchev–Trinajstić information content (AvgIpc) is 3.01. The van der Waals surface area contributed by atoms with E-state index in [9.17, 15) is 14.4 Å². The highest BCUT2D eigenvalue weighted by Crippen LogP contribution is 2.38. The Bertz CT molecular complexity index is 1070. The van der Waals surface area contributed by atoms with Crippen LogP contribution in [0.2, 0.25) is 10.0 Å². The number of esters is 1. The van der Waals surface area contributed by atoms with Crippen molar-refractivity contribution in [1.29, 1.82) is 0 Å². The lowest BCUT2D eigenvalue weighted by Crippen LogP contribution is -2.42. The summed E-state index contributed by atoms with van der Waals surface area (Å²) in [5.41, 5.74) is 1.46. The van der Waals surface area contributed by atoms with Gasteiger partial charge in [-0.05, 0) is 67.1 Å². The fourth-order valence-corrected chi connectivity index (χ4v) is 4.66. The first-order valence-corrected chi connectivity index (χ1v) is 11.9. The van der Waals surface area contributed by atoms with Crippen LogP contribution in [-0.2, 0) is 20.9 Å². The highest BCUT2D eigenvalue weighted by Gasteiger charge is 2.41. The van der Waals surface area contributed by atoms with Crippen molar-refractivity contribution in [1.82, 2.24) is 4.90 Å². The van der Waals surface area contributed by atoms with Crippen molar-refractivity contribution >= 4 is 74.1 Å². The van der Waals surface area contributed by atoms with Crippen LogP contribution in [-0.4, -0.2) is 34.7 Å². The van der Waals surface area contributed by atoms with E-state index in [-0.39, 0.29) is 28.2 Å². The van der Waals surface area contributed by atoms with E-state index < -0.39 is 23.2 Å². The monoisotopic (exact) mass is 557 g/mol. The van der Waals surface area contributed by atoms with Crippen LogP contribution in [0.25, 0.3) is 6.08 Å². The molecule has 1 saturated heterocycles. The molecule has 2 amide bonds. The number of rotatable bonds is 7. The number of amides is 2. The first-order chi connectivity index (χ1) is 15.2. The van der Waals surface area contributed by atoms with Crippen LogP contribution in [0, 0.1) is 0 Å². The lowest BCUT2D eigenvalue weighted by atomic mass is 10.2. The third-order valence-electron chi connectivity index (χ3n) is 4.45. The minimum Gasteiger partial charge on any atom is -0.486 e. The molecule has 0 radical (unpaired) electrons. The van der Waals surface area contributed by atoms with Crippen LogP contribution in [0.15, 0.2) is 45.8 Å². The Morgan fingerprint density at radius 2 is 1.81 bits per heavy atom. The number of ether oxygens (including phenoxy) is 2. The molecular formula is C22H18BrCl2NO5S. The van der Waals surface area contributed by atoms with Crippen molar-refractivity contribution in [3.05, 3.63) is 66.9 Å². The van der Waals surface area contributed by atoms with E-state index in [0.717, 1.165) is 26.7 Å². The Morgan fingerprint density at radius 1 is 1.19 bits per heavy atom. The number of benzene rings is 2. The molecule has 32 heavy (non-hydrogen) atoms. The largest absolute Gasteiger partial charge is 0.486 e. The second-order valence-electron chi connectivity index (χ2n) is 6.71. The van der Waals surface area contributed by atoms with Gasteiger partial charge in [-0.1, -0.05) is 51.3 Å². The topological polar surface area (TPSA) is 72.9 Å². The van der Waals surface area contributed by atoms with E-state index in [2.05, 4.69) is 15.9 Å². The molecule has 2 aromatic rings. The Kier molecular flexibility index (Phi) is 8.27. The molecule has 1 aliphatic rings. The van der Waals surface area contributed by atoms with Crippen LogP contribution in [0.4, 0.5) is 4.79 Å². The van der Waals surface area contributed by atoms with Crippen LogP contribution < -0.4 is 4.74 Å². The Balaban J connectivity index is 1.77. The van der Waals surface area contributed by atoms with Gasteiger partial charge in [0.25, 0.3) is 11.1 Å². The van der Waals surface area contributed by atoms with Crippen LogP contribution >= 0.6 is 50.9 Å². The van der Waals surface area contributed by atoms with Gasteiger partial charge in [-0.25, -0.2) is 4.79 Å². The van der Waals surface area contributed by atoms with Crippen molar-refractivity contribution in [2.45, 2.75) is 26.5 Å². The third kappa shape index (κ3) is 5.67. The number of hydrogen-bond acceptors (Lipinski definition) is 6. The van der Waals surface area contributed by atoms with Gasteiger partial charge in [0.1, 0.15) is 12.6 Å². The van der Waals surface area contributed by atoms with Crippen molar-refractivity contribution in [3.63, 3.8) is 0 Å². The maximum atomic E-state index is 12.7.